The molecule has 0 radical (unpaired) electrons. The highest BCUT2D eigenvalue weighted by molar-refractivity contribution is 5.78. The number of ether oxygens (including phenoxy) is 1. The van der Waals surface area contributed by atoms with Gasteiger partial charge in [-0.2, -0.15) is 0 Å². The minimum absolute atomic E-state index is 0.324. The molecule has 0 aliphatic heterocycles. The molecule has 1 atom stereocenters. The van der Waals surface area contributed by atoms with Crippen molar-refractivity contribution in [2.45, 2.75) is 64.9 Å². The predicted octanol–water partition coefficient (Wildman–Crippen LogP) is 2.66. The summed E-state index contributed by atoms with van der Waals surface area (Å²) < 4.78 is 4.80. The van der Waals surface area contributed by atoms with Crippen LogP contribution < -0.4 is 0 Å². The molecule has 15 heavy (non-hydrogen) atoms. The normalized spacial score (nSPS) is 14.7. The Labute approximate surface area is 92.8 Å². The lowest BCUT2D eigenvalue weighted by molar-refractivity contribution is -0.163. The first-order valence-corrected chi connectivity index (χ1v) is 5.94. The Morgan fingerprint density at radius 2 is 1.80 bits per heavy atom. The molecule has 0 aliphatic rings. The monoisotopic (exact) mass is 216 g/mol. The van der Waals surface area contributed by atoms with E-state index in [-0.39, 0.29) is 0 Å². The molecule has 1 unspecified atom stereocenters. The Bertz CT molecular complexity index is 176. The van der Waals surface area contributed by atoms with Crippen molar-refractivity contribution in [3.63, 3.8) is 0 Å². The molecule has 0 saturated heterocycles. The van der Waals surface area contributed by atoms with E-state index in [0.29, 0.717) is 13.0 Å². The lowest BCUT2D eigenvalue weighted by Gasteiger charge is -2.20. The number of aliphatic hydroxyl groups is 1. The van der Waals surface area contributed by atoms with E-state index in [2.05, 4.69) is 6.92 Å². The quantitative estimate of drug-likeness (QED) is 0.501. The zero-order chi connectivity index (χ0) is 11.7. The van der Waals surface area contributed by atoms with E-state index >= 15 is 0 Å². The third kappa shape index (κ3) is 6.50. The highest BCUT2D eigenvalue weighted by Crippen LogP contribution is 2.17. The summed E-state index contributed by atoms with van der Waals surface area (Å²) in [5.41, 5.74) is -1.30. The summed E-state index contributed by atoms with van der Waals surface area (Å²) in [6.07, 6.45) is 6.05. The fourth-order valence-electron chi connectivity index (χ4n) is 1.46. The van der Waals surface area contributed by atoms with Crippen molar-refractivity contribution in [1.82, 2.24) is 0 Å². The van der Waals surface area contributed by atoms with Gasteiger partial charge in [0.05, 0.1) is 6.61 Å². The Hall–Kier alpha value is -0.570. The van der Waals surface area contributed by atoms with Crippen LogP contribution in [0.2, 0.25) is 0 Å². The van der Waals surface area contributed by atoms with E-state index in [0.717, 1.165) is 12.8 Å². The Kier molecular flexibility index (Phi) is 7.39. The van der Waals surface area contributed by atoms with Crippen molar-refractivity contribution >= 4 is 5.97 Å². The van der Waals surface area contributed by atoms with Gasteiger partial charge in [0.1, 0.15) is 0 Å². The molecular weight excluding hydrogens is 192 g/mol. The van der Waals surface area contributed by atoms with E-state index < -0.39 is 11.6 Å². The highest BCUT2D eigenvalue weighted by atomic mass is 16.5. The Morgan fingerprint density at radius 3 is 2.33 bits per heavy atom. The minimum Gasteiger partial charge on any atom is -0.464 e. The smallest absolute Gasteiger partial charge is 0.337 e. The molecule has 0 fully saturated rings. The van der Waals surface area contributed by atoms with Gasteiger partial charge < -0.3 is 9.84 Å². The number of esters is 1. The van der Waals surface area contributed by atoms with Crippen molar-refractivity contribution < 1.29 is 14.6 Å². The lowest BCUT2D eigenvalue weighted by Crippen LogP contribution is -2.36. The molecule has 0 aromatic heterocycles. The van der Waals surface area contributed by atoms with Gasteiger partial charge in [-0.25, -0.2) is 4.79 Å². The zero-order valence-corrected chi connectivity index (χ0v) is 10.2. The van der Waals surface area contributed by atoms with Gasteiger partial charge in [0.25, 0.3) is 0 Å². The fourth-order valence-corrected chi connectivity index (χ4v) is 1.46. The maximum atomic E-state index is 11.3. The lowest BCUT2D eigenvalue weighted by atomic mass is 9.98. The first-order valence-electron chi connectivity index (χ1n) is 5.94. The summed E-state index contributed by atoms with van der Waals surface area (Å²) in [4.78, 5) is 11.3. The second-order valence-electron chi connectivity index (χ2n) is 4.16. The maximum Gasteiger partial charge on any atom is 0.337 e. The van der Waals surface area contributed by atoms with Gasteiger partial charge in [-0.1, -0.05) is 32.6 Å². The van der Waals surface area contributed by atoms with Gasteiger partial charge in [0.15, 0.2) is 5.60 Å². The van der Waals surface area contributed by atoms with Crippen LogP contribution in [0.25, 0.3) is 0 Å². The number of hydrogen-bond donors (Lipinski definition) is 1. The Morgan fingerprint density at radius 1 is 1.20 bits per heavy atom. The van der Waals surface area contributed by atoms with Gasteiger partial charge >= 0.3 is 5.97 Å². The van der Waals surface area contributed by atoms with Crippen LogP contribution >= 0.6 is 0 Å². The van der Waals surface area contributed by atoms with Crippen LogP contribution in [-0.2, 0) is 9.53 Å². The van der Waals surface area contributed by atoms with E-state index in [1.54, 1.807) is 6.92 Å². The molecule has 90 valence electrons. The largest absolute Gasteiger partial charge is 0.464 e. The number of hydrogen-bond acceptors (Lipinski definition) is 3. The van der Waals surface area contributed by atoms with Gasteiger partial charge in [0.2, 0.25) is 0 Å². The van der Waals surface area contributed by atoms with Crippen molar-refractivity contribution in [1.29, 1.82) is 0 Å². The van der Waals surface area contributed by atoms with E-state index in [4.69, 9.17) is 4.74 Å². The number of rotatable bonds is 8. The molecule has 0 rings (SSSR count). The minimum atomic E-state index is -1.30. The summed E-state index contributed by atoms with van der Waals surface area (Å²) in [6.45, 7) is 5.76. The molecule has 0 aromatic carbocycles. The summed E-state index contributed by atoms with van der Waals surface area (Å²) >= 11 is 0. The molecular formula is C12H24O3. The van der Waals surface area contributed by atoms with Crippen LogP contribution in [0.15, 0.2) is 0 Å². The molecule has 0 saturated carbocycles. The molecule has 3 heteroatoms. The van der Waals surface area contributed by atoms with E-state index in [9.17, 15) is 9.90 Å². The van der Waals surface area contributed by atoms with Gasteiger partial charge in [0, 0.05) is 0 Å². The maximum absolute atomic E-state index is 11.3. The third-order valence-electron chi connectivity index (χ3n) is 2.48. The molecule has 0 spiro atoms. The molecule has 0 heterocycles. The molecule has 0 aromatic rings. The van der Waals surface area contributed by atoms with Gasteiger partial charge in [-0.05, 0) is 26.7 Å². The SMILES string of the molecule is CCCCCCCC(C)(O)C(=O)OCC. The summed E-state index contributed by atoms with van der Waals surface area (Å²) in [6, 6.07) is 0. The van der Waals surface area contributed by atoms with Gasteiger partial charge in [-0.3, -0.25) is 0 Å². The van der Waals surface area contributed by atoms with Crippen LogP contribution in [-0.4, -0.2) is 23.3 Å². The number of carbonyl (C=O) groups is 1. The first-order chi connectivity index (χ1) is 7.04. The second kappa shape index (κ2) is 7.69. The summed E-state index contributed by atoms with van der Waals surface area (Å²) in [5.74, 6) is -0.500. The fraction of sp³-hybridized carbons (Fsp3) is 0.917. The molecule has 1 N–H and O–H groups in total. The average Bonchev–Trinajstić information content (AvgIpc) is 2.18. The molecule has 0 aliphatic carbocycles. The predicted molar refractivity (Wildman–Crippen MR) is 60.6 cm³/mol. The van der Waals surface area contributed by atoms with Crippen molar-refractivity contribution in [2.24, 2.45) is 0 Å². The van der Waals surface area contributed by atoms with Crippen LogP contribution in [0.3, 0.4) is 0 Å². The van der Waals surface area contributed by atoms with Crippen LogP contribution in [0.1, 0.15) is 59.3 Å². The van der Waals surface area contributed by atoms with E-state index in [1.165, 1.54) is 26.2 Å². The van der Waals surface area contributed by atoms with E-state index in [1.807, 2.05) is 0 Å². The Balaban J connectivity index is 3.68. The number of unbranched alkanes of at least 4 members (excludes halogenated alkanes) is 4. The second-order valence-corrected chi connectivity index (χ2v) is 4.16. The average molecular weight is 216 g/mol. The molecule has 3 nitrogen and oxygen atoms in total. The highest BCUT2D eigenvalue weighted by Gasteiger charge is 2.30. The summed E-state index contributed by atoms with van der Waals surface area (Å²) in [7, 11) is 0. The molecule has 0 bridgehead atoms. The number of carbonyl (C=O) groups excluding carboxylic acids is 1. The van der Waals surface area contributed by atoms with Crippen molar-refractivity contribution in [3.8, 4) is 0 Å². The molecule has 0 amide bonds. The van der Waals surface area contributed by atoms with Crippen LogP contribution in [0, 0.1) is 0 Å². The van der Waals surface area contributed by atoms with Crippen LogP contribution in [0.5, 0.6) is 0 Å². The zero-order valence-electron chi connectivity index (χ0n) is 10.2. The van der Waals surface area contributed by atoms with Crippen molar-refractivity contribution in [3.05, 3.63) is 0 Å². The first kappa shape index (κ1) is 14.4. The third-order valence-corrected chi connectivity index (χ3v) is 2.48. The van der Waals surface area contributed by atoms with Crippen molar-refractivity contribution in [2.75, 3.05) is 6.61 Å². The summed E-state index contributed by atoms with van der Waals surface area (Å²) in [5, 5.41) is 9.80. The van der Waals surface area contributed by atoms with Gasteiger partial charge in [-0.15, -0.1) is 0 Å². The van der Waals surface area contributed by atoms with Crippen LogP contribution in [0.4, 0.5) is 0 Å². The standard InChI is InChI=1S/C12H24O3/c1-4-6-7-8-9-10-12(3,14)11(13)15-5-2/h14H,4-10H2,1-3H3. The topological polar surface area (TPSA) is 46.5 Å².